The van der Waals surface area contributed by atoms with Crippen LogP contribution in [0.5, 0.6) is 11.5 Å². The fourth-order valence-electron chi connectivity index (χ4n) is 3.36. The smallest absolute Gasteiger partial charge is 0.256 e. The second kappa shape index (κ2) is 7.61. The van der Waals surface area contributed by atoms with E-state index in [1.807, 2.05) is 79.7 Å². The van der Waals surface area contributed by atoms with E-state index in [4.69, 9.17) is 9.47 Å². The molecule has 28 heavy (non-hydrogen) atoms. The molecule has 1 aliphatic heterocycles. The maximum absolute atomic E-state index is 12.6. The molecular weight excluding hydrogens is 350 g/mol. The number of anilines is 1. The Morgan fingerprint density at radius 3 is 2.61 bits per heavy atom. The van der Waals surface area contributed by atoms with Crippen molar-refractivity contribution in [2.45, 2.75) is 6.92 Å². The van der Waals surface area contributed by atoms with Gasteiger partial charge >= 0.3 is 0 Å². The molecule has 4 rings (SSSR count). The lowest BCUT2D eigenvalue weighted by molar-refractivity contribution is -0.110. The van der Waals surface area contributed by atoms with Crippen molar-refractivity contribution >= 4 is 23.2 Å². The van der Waals surface area contributed by atoms with Crippen molar-refractivity contribution in [1.82, 2.24) is 0 Å². The molecule has 0 radical (unpaired) electrons. The molecule has 3 aromatic rings. The molecule has 1 heterocycles. The predicted octanol–water partition coefficient (Wildman–Crippen LogP) is 5.25. The van der Waals surface area contributed by atoms with E-state index in [9.17, 15) is 4.79 Å². The molecule has 1 amide bonds. The summed E-state index contributed by atoms with van der Waals surface area (Å²) in [6.45, 7) is 2.52. The van der Waals surface area contributed by atoms with Gasteiger partial charge in [-0.3, -0.25) is 4.79 Å². The molecule has 0 saturated heterocycles. The van der Waals surface area contributed by atoms with E-state index < -0.39 is 0 Å². The molecule has 0 aliphatic carbocycles. The zero-order chi connectivity index (χ0) is 19.5. The first-order chi connectivity index (χ1) is 13.7. The number of hydrogen-bond donors (Lipinski definition) is 1. The highest BCUT2D eigenvalue weighted by atomic mass is 16.5. The number of nitrogens with one attached hydrogen (secondary N) is 1. The second-order valence-electron chi connectivity index (χ2n) is 6.48. The Morgan fingerprint density at radius 2 is 1.79 bits per heavy atom. The fourth-order valence-corrected chi connectivity index (χ4v) is 3.36. The summed E-state index contributed by atoms with van der Waals surface area (Å²) < 4.78 is 11.0. The van der Waals surface area contributed by atoms with Crippen LogP contribution >= 0.6 is 0 Å². The van der Waals surface area contributed by atoms with Gasteiger partial charge in [0, 0.05) is 22.4 Å². The number of carbonyl (C=O) groups excluding carboxylic acids is 1. The highest BCUT2D eigenvalue weighted by Gasteiger charge is 2.24. The Hall–Kier alpha value is -3.53. The third-order valence-corrected chi connectivity index (χ3v) is 4.72. The number of amides is 1. The van der Waals surface area contributed by atoms with Crippen LogP contribution in [-0.2, 0) is 4.79 Å². The zero-order valence-electron chi connectivity index (χ0n) is 15.9. The van der Waals surface area contributed by atoms with E-state index in [-0.39, 0.29) is 5.91 Å². The maximum atomic E-state index is 12.6. The minimum atomic E-state index is -0.107. The molecule has 1 N–H and O–H groups in total. The van der Waals surface area contributed by atoms with Crippen LogP contribution in [0.2, 0.25) is 0 Å². The molecule has 1 aliphatic rings. The minimum Gasteiger partial charge on any atom is -0.497 e. The van der Waals surface area contributed by atoms with Crippen molar-refractivity contribution < 1.29 is 14.3 Å². The van der Waals surface area contributed by atoms with Crippen molar-refractivity contribution in [3.8, 4) is 22.6 Å². The Labute approximate surface area is 164 Å². The average Bonchev–Trinajstić information content (AvgIpc) is 3.04. The van der Waals surface area contributed by atoms with Gasteiger partial charge in [0.15, 0.2) is 0 Å². The first kappa shape index (κ1) is 17.9. The average molecular weight is 371 g/mol. The lowest BCUT2D eigenvalue weighted by atomic mass is 9.99. The molecule has 140 valence electrons. The van der Waals surface area contributed by atoms with Gasteiger partial charge in [-0.05, 0) is 48.4 Å². The Balaban J connectivity index is 1.73. The Morgan fingerprint density at radius 1 is 0.964 bits per heavy atom. The van der Waals surface area contributed by atoms with E-state index in [2.05, 4.69) is 5.32 Å². The van der Waals surface area contributed by atoms with Gasteiger partial charge in [0.25, 0.3) is 5.91 Å². The number of rotatable bonds is 5. The highest BCUT2D eigenvalue weighted by molar-refractivity contribution is 6.35. The van der Waals surface area contributed by atoms with Crippen LogP contribution in [0.3, 0.4) is 0 Å². The fraction of sp³-hybridized carbons (Fsp3) is 0.125. The van der Waals surface area contributed by atoms with E-state index in [1.54, 1.807) is 7.11 Å². The standard InChI is InChI=1S/C24H21NO3/c1-3-28-23-10-5-4-7-18(23)14-21-20-12-11-17(15-22(20)25-24(21)26)16-8-6-9-19(13-16)27-2/h4-15H,3H2,1-2H3,(H,25,26)/b21-14+. The number of carbonyl (C=O) groups is 1. The Bertz CT molecular complexity index is 1070. The normalized spacial score (nSPS) is 13.9. The molecule has 4 heteroatoms. The number of para-hydroxylation sites is 1. The molecule has 0 bridgehead atoms. The molecule has 0 saturated carbocycles. The van der Waals surface area contributed by atoms with Crippen molar-refractivity contribution in [3.63, 3.8) is 0 Å². The van der Waals surface area contributed by atoms with Crippen LogP contribution in [0.15, 0.2) is 66.7 Å². The Kier molecular flexibility index (Phi) is 4.85. The summed E-state index contributed by atoms with van der Waals surface area (Å²) in [4.78, 5) is 12.6. The number of benzene rings is 3. The van der Waals surface area contributed by atoms with E-state index >= 15 is 0 Å². The number of ether oxygens (including phenoxy) is 2. The monoisotopic (exact) mass is 371 g/mol. The minimum absolute atomic E-state index is 0.107. The van der Waals surface area contributed by atoms with Crippen molar-refractivity contribution in [2.75, 3.05) is 19.0 Å². The van der Waals surface area contributed by atoms with Gasteiger partial charge in [-0.15, -0.1) is 0 Å². The SMILES string of the molecule is CCOc1ccccc1/C=C1/C(=O)Nc2cc(-c3cccc(OC)c3)ccc21. The third kappa shape index (κ3) is 3.37. The topological polar surface area (TPSA) is 47.6 Å². The van der Waals surface area contributed by atoms with Gasteiger partial charge in [-0.2, -0.15) is 0 Å². The molecule has 4 nitrogen and oxygen atoms in total. The van der Waals surface area contributed by atoms with Gasteiger partial charge in [0.1, 0.15) is 11.5 Å². The van der Waals surface area contributed by atoms with Crippen molar-refractivity contribution in [2.24, 2.45) is 0 Å². The molecule has 0 spiro atoms. The zero-order valence-corrected chi connectivity index (χ0v) is 15.9. The summed E-state index contributed by atoms with van der Waals surface area (Å²) in [5, 5.41) is 2.98. The summed E-state index contributed by atoms with van der Waals surface area (Å²) in [5.74, 6) is 1.46. The predicted molar refractivity (Wildman–Crippen MR) is 113 cm³/mol. The lowest BCUT2D eigenvalue weighted by Gasteiger charge is -2.08. The summed E-state index contributed by atoms with van der Waals surface area (Å²) in [6.07, 6.45) is 1.89. The number of methoxy groups -OCH3 is 1. The third-order valence-electron chi connectivity index (χ3n) is 4.72. The molecule has 3 aromatic carbocycles. The summed E-state index contributed by atoms with van der Waals surface area (Å²) in [6, 6.07) is 21.6. The van der Waals surface area contributed by atoms with Crippen LogP contribution in [0.25, 0.3) is 22.8 Å². The number of hydrogen-bond acceptors (Lipinski definition) is 3. The van der Waals surface area contributed by atoms with Crippen molar-refractivity contribution in [1.29, 1.82) is 0 Å². The van der Waals surface area contributed by atoms with Gasteiger partial charge in [-0.25, -0.2) is 0 Å². The first-order valence-electron chi connectivity index (χ1n) is 9.23. The van der Waals surface area contributed by atoms with Crippen LogP contribution in [0.4, 0.5) is 5.69 Å². The van der Waals surface area contributed by atoms with Gasteiger partial charge in [0.05, 0.1) is 13.7 Å². The number of fused-ring (bicyclic) bond motifs is 1. The van der Waals surface area contributed by atoms with Gasteiger partial charge < -0.3 is 14.8 Å². The van der Waals surface area contributed by atoms with Crippen LogP contribution in [-0.4, -0.2) is 19.6 Å². The van der Waals surface area contributed by atoms with Crippen LogP contribution in [0.1, 0.15) is 18.1 Å². The highest BCUT2D eigenvalue weighted by Crippen LogP contribution is 2.37. The van der Waals surface area contributed by atoms with Crippen LogP contribution in [0, 0.1) is 0 Å². The first-order valence-corrected chi connectivity index (χ1v) is 9.23. The van der Waals surface area contributed by atoms with E-state index in [0.29, 0.717) is 12.2 Å². The summed E-state index contributed by atoms with van der Waals surface area (Å²) in [7, 11) is 1.65. The second-order valence-corrected chi connectivity index (χ2v) is 6.48. The van der Waals surface area contributed by atoms with E-state index in [1.165, 1.54) is 0 Å². The quantitative estimate of drug-likeness (QED) is 0.623. The van der Waals surface area contributed by atoms with Crippen LogP contribution < -0.4 is 14.8 Å². The lowest BCUT2D eigenvalue weighted by Crippen LogP contribution is -2.03. The molecule has 0 atom stereocenters. The van der Waals surface area contributed by atoms with E-state index in [0.717, 1.165) is 39.4 Å². The van der Waals surface area contributed by atoms with Gasteiger partial charge in [0.2, 0.25) is 0 Å². The van der Waals surface area contributed by atoms with Gasteiger partial charge in [-0.1, -0.05) is 42.5 Å². The summed E-state index contributed by atoms with van der Waals surface area (Å²) >= 11 is 0. The molecule has 0 unspecified atom stereocenters. The summed E-state index contributed by atoms with van der Waals surface area (Å²) in [5.41, 5.74) is 5.29. The maximum Gasteiger partial charge on any atom is 0.256 e. The largest absolute Gasteiger partial charge is 0.497 e. The van der Waals surface area contributed by atoms with Crippen molar-refractivity contribution in [3.05, 3.63) is 77.9 Å². The molecular formula is C24H21NO3. The molecule has 0 fully saturated rings. The molecule has 0 aromatic heterocycles.